The molecule has 2 aromatic rings. The average molecular weight is 366 g/mol. The summed E-state index contributed by atoms with van der Waals surface area (Å²) in [5, 5.41) is 0. The van der Waals surface area contributed by atoms with Crippen LogP contribution < -0.4 is 4.74 Å². The molecule has 1 aliphatic carbocycles. The number of pyridine rings is 1. The molecule has 1 saturated carbocycles. The quantitative estimate of drug-likeness (QED) is 0.474. The fraction of sp³-hybridized carbons (Fsp3) is 0.560. The molecule has 0 unspecified atom stereocenters. The van der Waals surface area contributed by atoms with Gasteiger partial charge in [0.05, 0.1) is 12.3 Å². The number of nitrogens with zero attached hydrogens (tertiary/aromatic N) is 1. The zero-order chi connectivity index (χ0) is 18.9. The summed E-state index contributed by atoms with van der Waals surface area (Å²) < 4.78 is 5.65. The van der Waals surface area contributed by atoms with E-state index in [4.69, 9.17) is 9.72 Å². The van der Waals surface area contributed by atoms with Gasteiger partial charge in [0.15, 0.2) is 0 Å². The highest BCUT2D eigenvalue weighted by molar-refractivity contribution is 5.60. The molecular formula is C25H35NO. The van der Waals surface area contributed by atoms with Crippen molar-refractivity contribution in [2.75, 3.05) is 6.61 Å². The van der Waals surface area contributed by atoms with Gasteiger partial charge < -0.3 is 4.74 Å². The molecule has 1 aromatic carbocycles. The van der Waals surface area contributed by atoms with Crippen molar-refractivity contribution >= 4 is 0 Å². The second-order valence-corrected chi connectivity index (χ2v) is 8.14. The Morgan fingerprint density at radius 1 is 0.852 bits per heavy atom. The highest BCUT2D eigenvalue weighted by Gasteiger charge is 2.20. The van der Waals surface area contributed by atoms with Gasteiger partial charge in [-0.2, -0.15) is 0 Å². The largest absolute Gasteiger partial charge is 0.494 e. The highest BCUT2D eigenvalue weighted by atomic mass is 16.5. The summed E-state index contributed by atoms with van der Waals surface area (Å²) in [5.41, 5.74) is 3.57. The molecule has 27 heavy (non-hydrogen) atoms. The minimum absolute atomic E-state index is 0.770. The van der Waals surface area contributed by atoms with Crippen molar-refractivity contribution in [3.05, 3.63) is 48.2 Å². The summed E-state index contributed by atoms with van der Waals surface area (Å²) in [6, 6.07) is 12.7. The molecule has 1 aliphatic rings. The predicted molar refractivity (Wildman–Crippen MR) is 114 cm³/mol. The lowest BCUT2D eigenvalue weighted by atomic mass is 9.78. The Balaban J connectivity index is 1.47. The van der Waals surface area contributed by atoms with E-state index >= 15 is 0 Å². The molecule has 0 saturated heterocycles. The Kier molecular flexibility index (Phi) is 7.74. The third kappa shape index (κ3) is 6.09. The predicted octanol–water partition coefficient (Wildman–Crippen LogP) is 7.08. The first-order valence-electron chi connectivity index (χ1n) is 11.0. The minimum Gasteiger partial charge on any atom is -0.494 e. The molecule has 1 fully saturated rings. The highest BCUT2D eigenvalue weighted by Crippen LogP contribution is 2.33. The first-order valence-corrected chi connectivity index (χ1v) is 11.0. The van der Waals surface area contributed by atoms with Crippen LogP contribution in [0.15, 0.2) is 42.6 Å². The molecule has 0 N–H and O–H groups in total. The number of hydrogen-bond acceptors (Lipinski definition) is 2. The van der Waals surface area contributed by atoms with E-state index in [1.54, 1.807) is 0 Å². The van der Waals surface area contributed by atoms with Crippen molar-refractivity contribution in [3.8, 4) is 17.0 Å². The monoisotopic (exact) mass is 365 g/mol. The zero-order valence-electron chi connectivity index (χ0n) is 17.1. The van der Waals surface area contributed by atoms with E-state index < -0.39 is 0 Å². The number of ether oxygens (including phenoxy) is 1. The second kappa shape index (κ2) is 10.5. The molecular weight excluding hydrogens is 330 g/mol. The van der Waals surface area contributed by atoms with Crippen LogP contribution in [-0.2, 0) is 6.42 Å². The number of aromatic nitrogens is 1. The van der Waals surface area contributed by atoms with Crippen molar-refractivity contribution < 1.29 is 4.74 Å². The van der Waals surface area contributed by atoms with Crippen LogP contribution in [-0.4, -0.2) is 11.6 Å². The average Bonchev–Trinajstić information content (AvgIpc) is 2.73. The Morgan fingerprint density at radius 3 is 2.15 bits per heavy atom. The van der Waals surface area contributed by atoms with Crippen LogP contribution in [0.5, 0.6) is 5.75 Å². The van der Waals surface area contributed by atoms with Gasteiger partial charge in [-0.25, -0.2) is 0 Å². The molecule has 1 heterocycles. The summed E-state index contributed by atoms with van der Waals surface area (Å²) in [6.45, 7) is 5.21. The van der Waals surface area contributed by atoms with Gasteiger partial charge in [0, 0.05) is 11.8 Å². The lowest BCUT2D eigenvalue weighted by Crippen LogP contribution is -2.15. The van der Waals surface area contributed by atoms with Crippen molar-refractivity contribution in [2.24, 2.45) is 11.8 Å². The van der Waals surface area contributed by atoms with Crippen LogP contribution in [0.4, 0.5) is 0 Å². The lowest BCUT2D eigenvalue weighted by molar-refractivity contribution is 0.252. The first-order chi connectivity index (χ1) is 13.3. The smallest absolute Gasteiger partial charge is 0.119 e. The van der Waals surface area contributed by atoms with Crippen molar-refractivity contribution in [1.82, 2.24) is 4.98 Å². The minimum atomic E-state index is 0.770. The van der Waals surface area contributed by atoms with Crippen LogP contribution in [0.25, 0.3) is 11.3 Å². The Bertz CT molecular complexity index is 654. The Hall–Kier alpha value is -1.83. The molecule has 0 radical (unpaired) electrons. The van der Waals surface area contributed by atoms with Gasteiger partial charge in [-0.1, -0.05) is 58.4 Å². The van der Waals surface area contributed by atoms with Gasteiger partial charge in [0.1, 0.15) is 5.75 Å². The maximum Gasteiger partial charge on any atom is 0.119 e. The van der Waals surface area contributed by atoms with Crippen LogP contribution in [0.3, 0.4) is 0 Å². The second-order valence-electron chi connectivity index (χ2n) is 8.14. The van der Waals surface area contributed by atoms with Gasteiger partial charge >= 0.3 is 0 Å². The van der Waals surface area contributed by atoms with E-state index in [-0.39, 0.29) is 0 Å². The van der Waals surface area contributed by atoms with E-state index in [2.05, 4.69) is 44.3 Å². The Morgan fingerprint density at radius 2 is 1.56 bits per heavy atom. The van der Waals surface area contributed by atoms with Crippen molar-refractivity contribution in [2.45, 2.75) is 71.6 Å². The zero-order valence-corrected chi connectivity index (χ0v) is 17.1. The van der Waals surface area contributed by atoms with Crippen LogP contribution in [0.1, 0.15) is 70.8 Å². The summed E-state index contributed by atoms with van der Waals surface area (Å²) >= 11 is 0. The SMILES string of the molecule is CCCOc1ccc(-c2ccc(CCC3CCC(CCC)CC3)cn2)cc1. The first kappa shape index (κ1) is 19.9. The lowest BCUT2D eigenvalue weighted by Gasteiger charge is -2.28. The fourth-order valence-corrected chi connectivity index (χ4v) is 4.27. The van der Waals surface area contributed by atoms with Gasteiger partial charge in [-0.05, 0) is 67.0 Å². The third-order valence-corrected chi connectivity index (χ3v) is 5.95. The molecule has 0 aliphatic heterocycles. The van der Waals surface area contributed by atoms with Crippen molar-refractivity contribution in [1.29, 1.82) is 0 Å². The van der Waals surface area contributed by atoms with E-state index in [0.717, 1.165) is 41.9 Å². The number of benzene rings is 1. The molecule has 0 amide bonds. The fourth-order valence-electron chi connectivity index (χ4n) is 4.27. The topological polar surface area (TPSA) is 22.1 Å². The third-order valence-electron chi connectivity index (χ3n) is 5.95. The van der Waals surface area contributed by atoms with Crippen LogP contribution in [0, 0.1) is 11.8 Å². The molecule has 146 valence electrons. The normalized spacial score (nSPS) is 19.8. The van der Waals surface area contributed by atoms with Crippen molar-refractivity contribution in [3.63, 3.8) is 0 Å². The molecule has 2 heteroatoms. The summed E-state index contributed by atoms with van der Waals surface area (Å²) in [4.78, 5) is 4.70. The van der Waals surface area contributed by atoms with Gasteiger partial charge in [0.25, 0.3) is 0 Å². The van der Waals surface area contributed by atoms with E-state index in [1.165, 1.54) is 56.9 Å². The van der Waals surface area contributed by atoms with Gasteiger partial charge in [-0.15, -0.1) is 0 Å². The molecule has 0 bridgehead atoms. The van der Waals surface area contributed by atoms with Gasteiger partial charge in [0.2, 0.25) is 0 Å². The molecule has 2 nitrogen and oxygen atoms in total. The van der Waals surface area contributed by atoms with E-state index in [0.29, 0.717) is 0 Å². The Labute approximate surface area is 165 Å². The maximum absolute atomic E-state index is 5.65. The van der Waals surface area contributed by atoms with Crippen LogP contribution in [0.2, 0.25) is 0 Å². The number of rotatable bonds is 9. The maximum atomic E-state index is 5.65. The summed E-state index contributed by atoms with van der Waals surface area (Å²) in [7, 11) is 0. The molecule has 1 aromatic heterocycles. The van der Waals surface area contributed by atoms with E-state index in [9.17, 15) is 0 Å². The summed E-state index contributed by atoms with van der Waals surface area (Å²) in [5.74, 6) is 2.87. The molecule has 0 atom stereocenters. The standard InChI is InChI=1S/C25H35NO/c1-3-5-20-6-8-21(9-7-20)10-11-22-12-17-25(26-19-22)23-13-15-24(16-14-23)27-18-4-2/h12-17,19-21H,3-11,18H2,1-2H3. The van der Waals surface area contributed by atoms with E-state index in [1.807, 2.05) is 12.1 Å². The number of hydrogen-bond donors (Lipinski definition) is 0. The molecule has 0 spiro atoms. The number of aryl methyl sites for hydroxylation is 1. The van der Waals surface area contributed by atoms with Gasteiger partial charge in [-0.3, -0.25) is 4.98 Å². The van der Waals surface area contributed by atoms with Crippen LogP contribution >= 0.6 is 0 Å². The summed E-state index contributed by atoms with van der Waals surface area (Å²) in [6.07, 6.45) is 14.1. The molecule has 3 rings (SSSR count).